The molecule has 1 N–H and O–H groups in total. The molecule has 0 bridgehead atoms. The second-order valence-electron chi connectivity index (χ2n) is 8.37. The van der Waals surface area contributed by atoms with Gasteiger partial charge < -0.3 is 31.9 Å². The van der Waals surface area contributed by atoms with Crippen LogP contribution in [0.4, 0.5) is 0 Å². The Morgan fingerprint density at radius 3 is 2.66 bits per heavy atom. The van der Waals surface area contributed by atoms with Gasteiger partial charge in [-0.1, -0.05) is 50.2 Å². The van der Waals surface area contributed by atoms with Crippen molar-refractivity contribution in [2.45, 2.75) is 51.2 Å². The van der Waals surface area contributed by atoms with Gasteiger partial charge in [-0.2, -0.15) is 0 Å². The zero-order valence-corrected chi connectivity index (χ0v) is 18.1. The van der Waals surface area contributed by atoms with Crippen LogP contribution in [0.3, 0.4) is 0 Å². The van der Waals surface area contributed by atoms with Crippen molar-refractivity contribution in [1.82, 2.24) is 5.32 Å². The van der Waals surface area contributed by atoms with Gasteiger partial charge in [0.2, 0.25) is 6.79 Å². The molecule has 158 valence electrons. The van der Waals surface area contributed by atoms with Gasteiger partial charge in [0.1, 0.15) is 0 Å². The molecule has 0 radical (unpaired) electrons. The van der Waals surface area contributed by atoms with Crippen LogP contribution >= 0.6 is 0 Å². The third-order valence-corrected chi connectivity index (χ3v) is 6.18. The summed E-state index contributed by atoms with van der Waals surface area (Å²) in [6.07, 6.45) is 3.64. The first kappa shape index (κ1) is 21.9. The minimum atomic E-state index is 0. The Morgan fingerprint density at radius 2 is 1.86 bits per heavy atom. The smallest absolute Gasteiger partial charge is 0.231 e. The van der Waals surface area contributed by atoms with Crippen molar-refractivity contribution in [1.29, 1.82) is 0 Å². The summed E-state index contributed by atoms with van der Waals surface area (Å²) in [7, 11) is 0. The van der Waals surface area contributed by atoms with Crippen molar-refractivity contribution < 1.29 is 26.6 Å². The first-order chi connectivity index (χ1) is 13.7. The molecule has 1 fully saturated rings. The first-order valence-corrected chi connectivity index (χ1v) is 10.4. The van der Waals surface area contributed by atoms with Crippen LogP contribution < -0.4 is 27.2 Å². The van der Waals surface area contributed by atoms with Crippen LogP contribution in [0.15, 0.2) is 48.5 Å². The van der Waals surface area contributed by atoms with Crippen LogP contribution in [0, 0.1) is 5.92 Å². The van der Waals surface area contributed by atoms with Crippen molar-refractivity contribution in [2.24, 2.45) is 5.92 Å². The lowest BCUT2D eigenvalue weighted by Gasteiger charge is -2.43. The van der Waals surface area contributed by atoms with E-state index in [-0.39, 0.29) is 17.8 Å². The van der Waals surface area contributed by atoms with Crippen LogP contribution in [0.1, 0.15) is 44.2 Å². The van der Waals surface area contributed by atoms with Crippen LogP contribution in [0.2, 0.25) is 0 Å². The van der Waals surface area contributed by atoms with E-state index in [0.29, 0.717) is 18.8 Å². The van der Waals surface area contributed by atoms with Gasteiger partial charge >= 0.3 is 0 Å². The maximum absolute atomic E-state index is 6.09. The van der Waals surface area contributed by atoms with Crippen LogP contribution in [0.5, 0.6) is 11.5 Å². The monoisotopic (exact) mass is 416 g/mol. The number of halogens is 1. The molecule has 0 amide bonds. The van der Waals surface area contributed by atoms with E-state index in [1.807, 2.05) is 6.07 Å². The zero-order valence-electron chi connectivity index (χ0n) is 17.3. The molecule has 2 atom stereocenters. The van der Waals surface area contributed by atoms with Crippen LogP contribution in [0.25, 0.3) is 0 Å². The largest absolute Gasteiger partial charge is 1.00 e. The van der Waals surface area contributed by atoms with Crippen molar-refractivity contribution >= 4 is 0 Å². The second-order valence-corrected chi connectivity index (χ2v) is 8.37. The summed E-state index contributed by atoms with van der Waals surface area (Å²) in [5.74, 6) is 2.24. The zero-order chi connectivity index (χ0) is 19.4. The highest BCUT2D eigenvalue weighted by Crippen LogP contribution is 2.41. The third kappa shape index (κ3) is 5.06. The number of ether oxygens (including phenoxy) is 3. The molecule has 0 aliphatic carbocycles. The van der Waals surface area contributed by atoms with Crippen LogP contribution in [-0.4, -0.2) is 26.0 Å². The topological polar surface area (TPSA) is 39.7 Å². The summed E-state index contributed by atoms with van der Waals surface area (Å²) in [4.78, 5) is 0. The predicted octanol–water partition coefficient (Wildman–Crippen LogP) is 1.67. The maximum atomic E-state index is 6.09. The highest BCUT2D eigenvalue weighted by Gasteiger charge is 2.38. The van der Waals surface area contributed by atoms with E-state index in [2.05, 4.69) is 61.6 Å². The fourth-order valence-electron chi connectivity index (χ4n) is 4.42. The fraction of sp³-hybridized carbons (Fsp3) is 0.500. The highest BCUT2D eigenvalue weighted by atomic mass is 35.5. The molecule has 2 heterocycles. The van der Waals surface area contributed by atoms with Gasteiger partial charge in [0.25, 0.3) is 0 Å². The molecule has 4 rings (SSSR count). The van der Waals surface area contributed by atoms with Gasteiger partial charge in [-0.25, -0.2) is 0 Å². The molecule has 0 aromatic heterocycles. The Balaban J connectivity index is 0.00000240. The Labute approximate surface area is 180 Å². The minimum Gasteiger partial charge on any atom is -1.00 e. The average Bonchev–Trinajstić information content (AvgIpc) is 3.20. The Morgan fingerprint density at radius 1 is 1.07 bits per heavy atom. The van der Waals surface area contributed by atoms with Crippen LogP contribution in [-0.2, 0) is 16.7 Å². The summed E-state index contributed by atoms with van der Waals surface area (Å²) >= 11 is 0. The number of rotatable bonds is 7. The first-order valence-electron chi connectivity index (χ1n) is 10.4. The molecule has 2 aromatic carbocycles. The van der Waals surface area contributed by atoms with Gasteiger partial charge in [0.05, 0.1) is 6.10 Å². The Bertz CT molecular complexity index is 783. The number of hydrogen-bond donors (Lipinski definition) is 1. The van der Waals surface area contributed by atoms with Gasteiger partial charge in [-0.15, -0.1) is 0 Å². The van der Waals surface area contributed by atoms with E-state index in [9.17, 15) is 0 Å². The minimum absolute atomic E-state index is 0. The highest BCUT2D eigenvalue weighted by molar-refractivity contribution is 5.44. The van der Waals surface area contributed by atoms with Crippen molar-refractivity contribution in [3.05, 3.63) is 59.7 Å². The standard InChI is InChI=1S/C24H31NO3.ClH/c1-18(2)23-15-24(11-13-26-23,20-6-4-3-5-7-20)10-12-25-16-19-8-9-21-22(14-19)28-17-27-21;/h3-9,14,18,23,25H,10-13,15-17H2,1-2H3;1H/p-1. The summed E-state index contributed by atoms with van der Waals surface area (Å²) in [5.41, 5.74) is 2.87. The summed E-state index contributed by atoms with van der Waals surface area (Å²) in [6, 6.07) is 17.2. The summed E-state index contributed by atoms with van der Waals surface area (Å²) in [6.45, 7) is 7.53. The molecule has 5 heteroatoms. The molecule has 29 heavy (non-hydrogen) atoms. The summed E-state index contributed by atoms with van der Waals surface area (Å²) < 4.78 is 17.0. The molecular formula is C24H31ClNO3-. The lowest BCUT2D eigenvalue weighted by molar-refractivity contribution is -0.0469. The van der Waals surface area contributed by atoms with Gasteiger partial charge in [0.15, 0.2) is 11.5 Å². The van der Waals surface area contributed by atoms with Gasteiger partial charge in [0, 0.05) is 18.6 Å². The molecule has 2 aromatic rings. The van der Waals surface area contributed by atoms with E-state index in [4.69, 9.17) is 14.2 Å². The lowest BCUT2D eigenvalue weighted by atomic mass is 9.68. The van der Waals surface area contributed by atoms with E-state index in [0.717, 1.165) is 50.5 Å². The van der Waals surface area contributed by atoms with Crippen molar-refractivity contribution in [3.8, 4) is 11.5 Å². The van der Waals surface area contributed by atoms with Crippen molar-refractivity contribution in [2.75, 3.05) is 19.9 Å². The van der Waals surface area contributed by atoms with E-state index in [1.54, 1.807) is 0 Å². The number of benzene rings is 2. The lowest BCUT2D eigenvalue weighted by Crippen LogP contribution is -3.00. The molecular weight excluding hydrogens is 386 g/mol. The van der Waals surface area contributed by atoms with Crippen molar-refractivity contribution in [3.63, 3.8) is 0 Å². The SMILES string of the molecule is CC(C)C1CC(CCNCc2ccc3c(c2)OCO3)(c2ccccc2)CCO1.[Cl-]. The van der Waals surface area contributed by atoms with E-state index >= 15 is 0 Å². The quantitative estimate of drug-likeness (QED) is 0.697. The average molecular weight is 417 g/mol. The molecule has 0 spiro atoms. The second kappa shape index (κ2) is 9.84. The molecule has 1 saturated heterocycles. The maximum Gasteiger partial charge on any atom is 0.231 e. The number of fused-ring (bicyclic) bond motifs is 1. The normalized spacial score (nSPS) is 23.1. The van der Waals surface area contributed by atoms with Gasteiger partial charge in [-0.3, -0.25) is 0 Å². The van der Waals surface area contributed by atoms with Gasteiger partial charge in [-0.05, 0) is 55.0 Å². The van der Waals surface area contributed by atoms with E-state index in [1.165, 1.54) is 11.1 Å². The number of nitrogens with one attached hydrogen (secondary N) is 1. The molecule has 0 saturated carbocycles. The summed E-state index contributed by atoms with van der Waals surface area (Å²) in [5, 5.41) is 3.64. The predicted molar refractivity (Wildman–Crippen MR) is 111 cm³/mol. The third-order valence-electron chi connectivity index (χ3n) is 6.18. The van der Waals surface area contributed by atoms with E-state index < -0.39 is 0 Å². The number of hydrogen-bond acceptors (Lipinski definition) is 4. The Hall–Kier alpha value is -1.75. The molecule has 2 aliphatic rings. The molecule has 4 nitrogen and oxygen atoms in total. The Kier molecular flexibility index (Phi) is 7.44. The molecule has 2 aliphatic heterocycles. The molecule has 2 unspecified atom stereocenters. The fourth-order valence-corrected chi connectivity index (χ4v) is 4.42.